The first kappa shape index (κ1) is 27.5. The zero-order valence-corrected chi connectivity index (χ0v) is 21.6. The Morgan fingerprint density at radius 3 is 2.21 bits per heavy atom. The van der Waals surface area contributed by atoms with Gasteiger partial charge in [0.2, 0.25) is 5.91 Å². The van der Waals surface area contributed by atoms with Crippen molar-refractivity contribution >= 4 is 11.8 Å². The predicted octanol–water partition coefficient (Wildman–Crippen LogP) is 5.37. The van der Waals surface area contributed by atoms with Crippen LogP contribution in [-0.2, 0) is 17.6 Å². The van der Waals surface area contributed by atoms with Crippen LogP contribution in [0.5, 0.6) is 11.5 Å². The van der Waals surface area contributed by atoms with Gasteiger partial charge in [-0.25, -0.2) is 0 Å². The third kappa shape index (κ3) is 7.64. The van der Waals surface area contributed by atoms with E-state index in [1.807, 2.05) is 13.0 Å². The highest BCUT2D eigenvalue weighted by Gasteiger charge is 2.29. The molecule has 1 aliphatic rings. The summed E-state index contributed by atoms with van der Waals surface area (Å²) in [5.74, 6) is -0.291. The van der Waals surface area contributed by atoms with Gasteiger partial charge in [0.15, 0.2) is 0 Å². The van der Waals surface area contributed by atoms with E-state index in [4.69, 9.17) is 0 Å². The van der Waals surface area contributed by atoms with Crippen molar-refractivity contribution in [3.8, 4) is 11.5 Å². The van der Waals surface area contributed by atoms with Gasteiger partial charge in [0.05, 0.1) is 5.56 Å². The van der Waals surface area contributed by atoms with E-state index >= 15 is 0 Å². The second-order valence-electron chi connectivity index (χ2n) is 9.59. The van der Waals surface area contributed by atoms with Crippen LogP contribution in [0.3, 0.4) is 0 Å². The Kier molecular flexibility index (Phi) is 10.7. The number of benzene rings is 1. The van der Waals surface area contributed by atoms with E-state index in [-0.39, 0.29) is 23.3 Å². The lowest BCUT2D eigenvalue weighted by molar-refractivity contribution is -0.130. The summed E-state index contributed by atoms with van der Waals surface area (Å²) in [6.07, 6.45) is 10.0. The molecule has 6 heteroatoms. The average Bonchev–Trinajstić information content (AvgIpc) is 2.78. The fourth-order valence-electron chi connectivity index (χ4n) is 4.30. The van der Waals surface area contributed by atoms with Crippen LogP contribution in [-0.4, -0.2) is 58.0 Å². The van der Waals surface area contributed by atoms with Crippen LogP contribution in [0.4, 0.5) is 0 Å². The average molecular weight is 471 g/mol. The van der Waals surface area contributed by atoms with Crippen molar-refractivity contribution in [3.05, 3.63) is 46.1 Å². The van der Waals surface area contributed by atoms with Crippen LogP contribution in [0.25, 0.3) is 0 Å². The SMILES string of the molecule is CCCCCc1cc(O)c(CC=C(C)CCC=C(C)C)c(O)c1C(=O)N1CCN(C(C)=O)CC1. The van der Waals surface area contributed by atoms with E-state index in [9.17, 15) is 19.8 Å². The van der Waals surface area contributed by atoms with Crippen LogP contribution >= 0.6 is 0 Å². The predicted molar refractivity (Wildman–Crippen MR) is 137 cm³/mol. The zero-order chi connectivity index (χ0) is 25.3. The lowest BCUT2D eigenvalue weighted by Crippen LogP contribution is -2.50. The van der Waals surface area contributed by atoms with Gasteiger partial charge in [0.25, 0.3) is 5.91 Å². The summed E-state index contributed by atoms with van der Waals surface area (Å²) < 4.78 is 0. The summed E-state index contributed by atoms with van der Waals surface area (Å²) >= 11 is 0. The molecule has 1 aromatic carbocycles. The molecule has 2 N–H and O–H groups in total. The topological polar surface area (TPSA) is 81.1 Å². The maximum Gasteiger partial charge on any atom is 0.258 e. The summed E-state index contributed by atoms with van der Waals surface area (Å²) in [4.78, 5) is 28.6. The maximum absolute atomic E-state index is 13.5. The minimum atomic E-state index is -0.224. The summed E-state index contributed by atoms with van der Waals surface area (Å²) in [5, 5.41) is 21.9. The number of carbonyl (C=O) groups is 2. The normalized spacial score (nSPS) is 14.3. The van der Waals surface area contributed by atoms with Crippen molar-refractivity contribution in [3.63, 3.8) is 0 Å². The second-order valence-corrected chi connectivity index (χ2v) is 9.59. The first-order chi connectivity index (χ1) is 16.1. The number of phenolic OH excluding ortho intramolecular Hbond substituents is 2. The lowest BCUT2D eigenvalue weighted by atomic mass is 9.93. The van der Waals surface area contributed by atoms with E-state index in [1.54, 1.807) is 15.9 Å². The van der Waals surface area contributed by atoms with Crippen LogP contribution in [0.1, 0.15) is 88.2 Å². The van der Waals surface area contributed by atoms with Crippen LogP contribution < -0.4 is 0 Å². The molecule has 188 valence electrons. The Hall–Kier alpha value is -2.76. The Balaban J connectivity index is 2.31. The number of nitrogens with zero attached hydrogens (tertiary/aromatic N) is 2. The number of aryl methyl sites for hydroxylation is 1. The van der Waals surface area contributed by atoms with Gasteiger partial charge in [0, 0.05) is 38.7 Å². The third-order valence-electron chi connectivity index (χ3n) is 6.49. The van der Waals surface area contributed by atoms with Crippen molar-refractivity contribution in [2.45, 2.75) is 79.6 Å². The number of hydrogen-bond acceptors (Lipinski definition) is 4. The molecule has 0 spiro atoms. The minimum Gasteiger partial charge on any atom is -0.508 e. The number of unbranched alkanes of at least 4 members (excludes halogenated alkanes) is 2. The summed E-state index contributed by atoms with van der Waals surface area (Å²) in [6.45, 7) is 11.7. The number of phenols is 2. The first-order valence-electron chi connectivity index (χ1n) is 12.6. The number of amides is 2. The van der Waals surface area contributed by atoms with E-state index < -0.39 is 0 Å². The fraction of sp³-hybridized carbons (Fsp3) is 0.571. The van der Waals surface area contributed by atoms with Crippen LogP contribution in [0.15, 0.2) is 29.4 Å². The Morgan fingerprint density at radius 2 is 1.62 bits per heavy atom. The van der Waals surface area contributed by atoms with Gasteiger partial charge >= 0.3 is 0 Å². The van der Waals surface area contributed by atoms with Crippen molar-refractivity contribution in [2.24, 2.45) is 0 Å². The molecular formula is C28H42N2O4. The highest BCUT2D eigenvalue weighted by molar-refractivity contribution is 5.99. The molecule has 0 bridgehead atoms. The molecular weight excluding hydrogens is 428 g/mol. The van der Waals surface area contributed by atoms with Crippen LogP contribution in [0.2, 0.25) is 0 Å². The Morgan fingerprint density at radius 1 is 0.971 bits per heavy atom. The van der Waals surface area contributed by atoms with Gasteiger partial charge in [-0.3, -0.25) is 9.59 Å². The summed E-state index contributed by atoms with van der Waals surface area (Å²) in [5.41, 5.74) is 3.85. The van der Waals surface area contributed by atoms with Crippen molar-refractivity contribution in [2.75, 3.05) is 26.2 Å². The molecule has 2 rings (SSSR count). The smallest absolute Gasteiger partial charge is 0.258 e. The molecule has 1 aromatic rings. The standard InChI is InChI=1S/C28H42N2O4/c1-6-7-8-12-23-19-25(32)24(14-13-21(4)11-9-10-20(2)3)27(33)26(23)28(34)30-17-15-29(16-18-30)22(5)31/h10,13,19,32-33H,6-9,11-12,14-18H2,1-5H3. The molecule has 1 saturated heterocycles. The number of piperazine rings is 1. The highest BCUT2D eigenvalue weighted by Crippen LogP contribution is 2.36. The van der Waals surface area contributed by atoms with Gasteiger partial charge in [-0.05, 0) is 64.5 Å². The van der Waals surface area contributed by atoms with Gasteiger partial charge < -0.3 is 20.0 Å². The number of aromatic hydroxyl groups is 2. The monoisotopic (exact) mass is 470 g/mol. The molecule has 0 aromatic heterocycles. The molecule has 34 heavy (non-hydrogen) atoms. The Bertz CT molecular complexity index is 921. The number of hydrogen-bond donors (Lipinski definition) is 2. The highest BCUT2D eigenvalue weighted by atomic mass is 16.3. The fourth-order valence-corrected chi connectivity index (χ4v) is 4.30. The molecule has 2 amide bonds. The second kappa shape index (κ2) is 13.2. The van der Waals surface area contributed by atoms with E-state index in [0.717, 1.165) is 32.1 Å². The molecule has 0 aliphatic carbocycles. The lowest BCUT2D eigenvalue weighted by Gasteiger charge is -2.34. The number of carbonyl (C=O) groups excluding carboxylic acids is 2. The third-order valence-corrected chi connectivity index (χ3v) is 6.49. The molecule has 6 nitrogen and oxygen atoms in total. The number of rotatable bonds is 10. The molecule has 0 saturated carbocycles. The molecule has 1 heterocycles. The van der Waals surface area contributed by atoms with Crippen molar-refractivity contribution < 1.29 is 19.8 Å². The maximum atomic E-state index is 13.5. The van der Waals surface area contributed by atoms with Crippen molar-refractivity contribution in [1.82, 2.24) is 9.80 Å². The largest absolute Gasteiger partial charge is 0.508 e. The Labute approximate surface area is 205 Å². The molecule has 0 radical (unpaired) electrons. The quantitative estimate of drug-likeness (QED) is 0.356. The van der Waals surface area contributed by atoms with Gasteiger partial charge in [0.1, 0.15) is 11.5 Å². The van der Waals surface area contributed by atoms with E-state index in [1.165, 1.54) is 18.1 Å². The number of allylic oxidation sites excluding steroid dienone is 4. The molecule has 1 fully saturated rings. The summed E-state index contributed by atoms with van der Waals surface area (Å²) in [7, 11) is 0. The minimum absolute atomic E-state index is 0.00821. The molecule has 1 aliphatic heterocycles. The van der Waals surface area contributed by atoms with Crippen LogP contribution in [0, 0.1) is 0 Å². The van der Waals surface area contributed by atoms with Gasteiger partial charge in [-0.15, -0.1) is 0 Å². The summed E-state index contributed by atoms with van der Waals surface area (Å²) in [6, 6.07) is 1.66. The van der Waals surface area contributed by atoms with E-state index in [0.29, 0.717) is 55.7 Å². The molecule has 0 atom stereocenters. The van der Waals surface area contributed by atoms with E-state index in [2.05, 4.69) is 26.8 Å². The van der Waals surface area contributed by atoms with Crippen molar-refractivity contribution in [1.29, 1.82) is 0 Å². The zero-order valence-electron chi connectivity index (χ0n) is 21.6. The van der Waals surface area contributed by atoms with Gasteiger partial charge in [-0.2, -0.15) is 0 Å². The first-order valence-corrected chi connectivity index (χ1v) is 12.6. The molecule has 0 unspecified atom stereocenters. The van der Waals surface area contributed by atoms with Gasteiger partial charge in [-0.1, -0.05) is 43.1 Å².